The summed E-state index contributed by atoms with van der Waals surface area (Å²) in [6.45, 7) is 0.0651. The Bertz CT molecular complexity index is 684. The van der Waals surface area contributed by atoms with Crippen molar-refractivity contribution in [1.29, 1.82) is 0 Å². The molecule has 0 spiro atoms. The minimum atomic E-state index is -0.434. The topological polar surface area (TPSA) is 115 Å². The normalized spacial score (nSPS) is 10.2. The third-order valence-electron chi connectivity index (χ3n) is 2.62. The largest absolute Gasteiger partial charge is 0.397 e. The Hall–Kier alpha value is -2.61. The molecule has 21 heavy (non-hydrogen) atoms. The van der Waals surface area contributed by atoms with E-state index in [-0.39, 0.29) is 28.9 Å². The van der Waals surface area contributed by atoms with Gasteiger partial charge in [0.25, 0.3) is 5.91 Å². The smallest absolute Gasteiger partial charge is 0.258 e. The van der Waals surface area contributed by atoms with Gasteiger partial charge in [-0.15, -0.1) is 0 Å². The molecule has 2 heterocycles. The first-order valence-electron chi connectivity index (χ1n) is 5.95. The Labute approximate surface area is 125 Å². The maximum Gasteiger partial charge on any atom is 0.258 e. The molecule has 0 atom stereocenters. The van der Waals surface area contributed by atoms with Gasteiger partial charge in [0, 0.05) is 13.2 Å². The number of halogens is 1. The minimum absolute atomic E-state index is 0.0651. The van der Waals surface area contributed by atoms with Crippen molar-refractivity contribution in [3.8, 4) is 0 Å². The van der Waals surface area contributed by atoms with Gasteiger partial charge in [-0.25, -0.2) is 4.98 Å². The van der Waals surface area contributed by atoms with Crippen molar-refractivity contribution in [2.24, 2.45) is 0 Å². The molecule has 110 valence electrons. The van der Waals surface area contributed by atoms with Gasteiger partial charge >= 0.3 is 0 Å². The fraction of sp³-hybridized carbons (Fsp3) is 0.167. The lowest BCUT2D eigenvalue weighted by Gasteiger charge is -2.05. The Morgan fingerprint density at radius 3 is 2.90 bits per heavy atom. The highest BCUT2D eigenvalue weighted by molar-refractivity contribution is 6.30. The average molecular weight is 309 g/mol. The molecular formula is C12H13ClN6O2. The fourth-order valence-corrected chi connectivity index (χ4v) is 1.73. The molecule has 2 amide bonds. The van der Waals surface area contributed by atoms with Crippen LogP contribution in [0.3, 0.4) is 0 Å². The van der Waals surface area contributed by atoms with Crippen LogP contribution in [0.15, 0.2) is 24.7 Å². The highest BCUT2D eigenvalue weighted by Gasteiger charge is 2.12. The molecule has 0 bridgehead atoms. The van der Waals surface area contributed by atoms with Gasteiger partial charge < -0.3 is 16.4 Å². The van der Waals surface area contributed by atoms with E-state index in [0.717, 1.165) is 0 Å². The summed E-state index contributed by atoms with van der Waals surface area (Å²) in [6, 6.07) is 1.38. The maximum atomic E-state index is 12.1. The van der Waals surface area contributed by atoms with E-state index in [1.54, 1.807) is 0 Å². The Morgan fingerprint density at radius 2 is 2.19 bits per heavy atom. The maximum absolute atomic E-state index is 12.1. The van der Waals surface area contributed by atoms with Crippen LogP contribution in [0.25, 0.3) is 0 Å². The number of rotatable bonds is 4. The van der Waals surface area contributed by atoms with E-state index in [0.29, 0.717) is 5.69 Å². The number of nitrogens with zero attached hydrogens (tertiary/aromatic N) is 3. The molecule has 0 radical (unpaired) electrons. The van der Waals surface area contributed by atoms with Crippen molar-refractivity contribution >= 4 is 34.8 Å². The molecular weight excluding hydrogens is 296 g/mol. The summed E-state index contributed by atoms with van der Waals surface area (Å²) in [5, 5.41) is 9.23. The van der Waals surface area contributed by atoms with Gasteiger partial charge in [0.15, 0.2) is 0 Å². The van der Waals surface area contributed by atoms with Gasteiger partial charge in [0.1, 0.15) is 11.7 Å². The van der Waals surface area contributed by atoms with Crippen LogP contribution in [0.1, 0.15) is 10.4 Å². The predicted octanol–water partition coefficient (Wildman–Crippen LogP) is 0.512. The summed E-state index contributed by atoms with van der Waals surface area (Å²) < 4.78 is 1.40. The van der Waals surface area contributed by atoms with Crippen LogP contribution in [0.5, 0.6) is 0 Å². The van der Waals surface area contributed by atoms with E-state index in [4.69, 9.17) is 17.3 Å². The summed E-state index contributed by atoms with van der Waals surface area (Å²) in [5.41, 5.74) is 6.55. The second kappa shape index (κ2) is 6.23. The van der Waals surface area contributed by atoms with E-state index < -0.39 is 5.91 Å². The molecule has 2 rings (SSSR count). The quantitative estimate of drug-likeness (QED) is 0.712. The molecule has 0 aliphatic carbocycles. The zero-order chi connectivity index (χ0) is 15.4. The van der Waals surface area contributed by atoms with Crippen LogP contribution in [0.4, 0.5) is 11.4 Å². The first-order chi connectivity index (χ1) is 9.99. The Kier molecular flexibility index (Phi) is 4.39. The summed E-state index contributed by atoms with van der Waals surface area (Å²) >= 11 is 5.73. The van der Waals surface area contributed by atoms with Crippen molar-refractivity contribution in [3.05, 3.63) is 35.4 Å². The molecule has 0 fully saturated rings. The number of aromatic nitrogens is 3. The van der Waals surface area contributed by atoms with Crippen LogP contribution < -0.4 is 16.4 Å². The number of nitrogen functional groups attached to an aromatic ring is 1. The van der Waals surface area contributed by atoms with Gasteiger partial charge in [-0.2, -0.15) is 5.10 Å². The molecule has 4 N–H and O–H groups in total. The molecule has 2 aromatic rings. The first kappa shape index (κ1) is 14.8. The lowest BCUT2D eigenvalue weighted by atomic mass is 10.2. The summed E-state index contributed by atoms with van der Waals surface area (Å²) in [7, 11) is 1.53. The number of nitrogens with two attached hydrogens (primary N) is 1. The molecule has 8 nitrogen and oxygen atoms in total. The number of hydrogen-bond donors (Lipinski definition) is 3. The summed E-state index contributed by atoms with van der Waals surface area (Å²) in [5.74, 6) is -0.627. The third-order valence-corrected chi connectivity index (χ3v) is 2.83. The molecule has 0 saturated carbocycles. The predicted molar refractivity (Wildman–Crippen MR) is 77.9 cm³/mol. The molecule has 9 heteroatoms. The van der Waals surface area contributed by atoms with Gasteiger partial charge in [-0.1, -0.05) is 11.6 Å². The van der Waals surface area contributed by atoms with Crippen molar-refractivity contribution in [1.82, 2.24) is 20.1 Å². The fourth-order valence-electron chi connectivity index (χ4n) is 1.58. The highest BCUT2D eigenvalue weighted by atomic mass is 35.5. The van der Waals surface area contributed by atoms with Crippen molar-refractivity contribution in [2.75, 3.05) is 18.1 Å². The van der Waals surface area contributed by atoms with E-state index in [2.05, 4.69) is 20.7 Å². The number of pyridine rings is 1. The van der Waals surface area contributed by atoms with Crippen molar-refractivity contribution in [3.63, 3.8) is 0 Å². The van der Waals surface area contributed by atoms with Crippen LogP contribution in [-0.2, 0) is 11.3 Å². The number of hydrogen-bond acceptors (Lipinski definition) is 5. The van der Waals surface area contributed by atoms with E-state index in [1.165, 1.54) is 36.4 Å². The van der Waals surface area contributed by atoms with E-state index in [1.807, 2.05) is 0 Å². The van der Waals surface area contributed by atoms with E-state index in [9.17, 15) is 9.59 Å². The average Bonchev–Trinajstić information content (AvgIpc) is 2.88. The molecule has 0 aliphatic rings. The molecule has 0 aliphatic heterocycles. The minimum Gasteiger partial charge on any atom is -0.397 e. The van der Waals surface area contributed by atoms with E-state index >= 15 is 0 Å². The van der Waals surface area contributed by atoms with Crippen LogP contribution >= 0.6 is 11.6 Å². The lowest BCUT2D eigenvalue weighted by Crippen LogP contribution is -2.23. The zero-order valence-electron chi connectivity index (χ0n) is 11.1. The van der Waals surface area contributed by atoms with Gasteiger partial charge in [-0.05, 0) is 6.07 Å². The van der Waals surface area contributed by atoms with Crippen LogP contribution in [-0.4, -0.2) is 33.6 Å². The van der Waals surface area contributed by atoms with Gasteiger partial charge in [0.2, 0.25) is 5.91 Å². The number of amides is 2. The van der Waals surface area contributed by atoms with Crippen LogP contribution in [0, 0.1) is 0 Å². The first-order valence-corrected chi connectivity index (χ1v) is 6.33. The molecule has 0 unspecified atom stereocenters. The van der Waals surface area contributed by atoms with Gasteiger partial charge in [-0.3, -0.25) is 14.3 Å². The Balaban J connectivity index is 2.09. The summed E-state index contributed by atoms with van der Waals surface area (Å²) in [4.78, 5) is 27.1. The number of likely N-dealkylation sites (N-methyl/N-ethyl adjacent to an activating group) is 1. The second-order valence-corrected chi connectivity index (χ2v) is 4.54. The number of nitrogens with one attached hydrogen (secondary N) is 2. The number of carbonyl (C=O) groups is 2. The Morgan fingerprint density at radius 1 is 1.43 bits per heavy atom. The molecule has 0 saturated heterocycles. The number of carbonyl (C=O) groups excluding carboxylic acids is 2. The molecule has 2 aromatic heterocycles. The third kappa shape index (κ3) is 3.69. The number of anilines is 2. The SMILES string of the molecule is CNC(=O)Cn1cc(NC(=O)c2cc(Cl)ncc2N)cn1. The second-order valence-electron chi connectivity index (χ2n) is 4.15. The van der Waals surface area contributed by atoms with Crippen molar-refractivity contribution < 1.29 is 9.59 Å². The zero-order valence-corrected chi connectivity index (χ0v) is 11.9. The van der Waals surface area contributed by atoms with Crippen molar-refractivity contribution in [2.45, 2.75) is 6.54 Å². The molecule has 0 aromatic carbocycles. The lowest BCUT2D eigenvalue weighted by molar-refractivity contribution is -0.121. The standard InChI is InChI=1S/C12H13ClN6O2/c1-15-11(20)6-19-5-7(3-17-19)18-12(21)8-2-10(13)16-4-9(8)14/h2-5H,6,14H2,1H3,(H,15,20)(H,18,21). The monoisotopic (exact) mass is 308 g/mol. The van der Waals surface area contributed by atoms with Crippen LogP contribution in [0.2, 0.25) is 5.15 Å². The van der Waals surface area contributed by atoms with Gasteiger partial charge in [0.05, 0.1) is 29.3 Å². The highest BCUT2D eigenvalue weighted by Crippen LogP contribution is 2.17. The summed E-state index contributed by atoms with van der Waals surface area (Å²) in [6.07, 6.45) is 4.28.